The lowest BCUT2D eigenvalue weighted by molar-refractivity contribution is -0.384. The summed E-state index contributed by atoms with van der Waals surface area (Å²) in [6.45, 7) is 5.89. The molecule has 0 unspecified atom stereocenters. The van der Waals surface area contributed by atoms with E-state index in [0.29, 0.717) is 12.2 Å². The molecule has 0 radical (unpaired) electrons. The van der Waals surface area contributed by atoms with Gasteiger partial charge < -0.3 is 16.0 Å². The highest BCUT2D eigenvalue weighted by Crippen LogP contribution is 2.25. The minimum Gasteiger partial charge on any atom is -0.378 e. The van der Waals surface area contributed by atoms with Crippen LogP contribution < -0.4 is 11.1 Å². The third kappa shape index (κ3) is 4.17. The van der Waals surface area contributed by atoms with Crippen molar-refractivity contribution in [1.29, 1.82) is 0 Å². The van der Waals surface area contributed by atoms with Gasteiger partial charge in [-0.2, -0.15) is 0 Å². The zero-order valence-corrected chi connectivity index (χ0v) is 12.7. The summed E-state index contributed by atoms with van der Waals surface area (Å²) in [5.74, 6) is 0.115. The number of anilines is 1. The van der Waals surface area contributed by atoms with E-state index in [1.165, 1.54) is 31.0 Å². The average molecular weight is 306 g/mol. The number of hydrogen-bond acceptors (Lipinski definition) is 5. The maximum absolute atomic E-state index is 11.1. The zero-order valence-electron chi connectivity index (χ0n) is 12.7. The van der Waals surface area contributed by atoms with E-state index in [1.54, 1.807) is 0 Å². The molecule has 1 aliphatic heterocycles. The van der Waals surface area contributed by atoms with E-state index in [-0.39, 0.29) is 11.3 Å². The smallest absolute Gasteiger partial charge is 0.293 e. The summed E-state index contributed by atoms with van der Waals surface area (Å²) in [7, 11) is 0. The molecule has 1 aromatic carbocycles. The lowest BCUT2D eigenvalue weighted by atomic mass is 9.99. The fraction of sp³-hybridized carbons (Fsp3) is 0.533. The molecule has 0 aliphatic carbocycles. The number of piperidine rings is 1. The first-order valence-corrected chi connectivity index (χ1v) is 7.52. The van der Waals surface area contributed by atoms with Gasteiger partial charge in [0.1, 0.15) is 5.69 Å². The van der Waals surface area contributed by atoms with Crippen molar-refractivity contribution in [3.63, 3.8) is 0 Å². The minimum atomic E-state index is -0.669. The summed E-state index contributed by atoms with van der Waals surface area (Å²) in [6.07, 6.45) is 2.40. The molecule has 0 saturated carbocycles. The third-order valence-corrected chi connectivity index (χ3v) is 4.10. The molecule has 1 amide bonds. The Balaban J connectivity index is 1.94. The molecule has 1 aliphatic rings. The van der Waals surface area contributed by atoms with E-state index in [9.17, 15) is 14.9 Å². The van der Waals surface area contributed by atoms with Crippen LogP contribution in [0.2, 0.25) is 0 Å². The van der Waals surface area contributed by atoms with Gasteiger partial charge in [-0.3, -0.25) is 14.9 Å². The van der Waals surface area contributed by atoms with Gasteiger partial charge in [-0.05, 0) is 44.0 Å². The normalized spacial score (nSPS) is 16.4. The van der Waals surface area contributed by atoms with Crippen molar-refractivity contribution in [2.24, 2.45) is 11.7 Å². The molecule has 3 N–H and O–H groups in total. The summed E-state index contributed by atoms with van der Waals surface area (Å²) < 4.78 is 0. The van der Waals surface area contributed by atoms with Crippen LogP contribution in [0, 0.1) is 16.0 Å². The molecule has 1 aromatic rings. The van der Waals surface area contributed by atoms with Crippen molar-refractivity contribution in [2.75, 3.05) is 31.5 Å². The van der Waals surface area contributed by atoms with Crippen molar-refractivity contribution in [3.8, 4) is 0 Å². The number of primary amides is 1. The molecule has 2 rings (SSSR count). The number of hydrogen-bond donors (Lipinski definition) is 2. The van der Waals surface area contributed by atoms with Crippen molar-refractivity contribution in [2.45, 2.75) is 19.8 Å². The maximum atomic E-state index is 11.1. The average Bonchev–Trinajstić information content (AvgIpc) is 2.49. The lowest BCUT2D eigenvalue weighted by Crippen LogP contribution is -2.36. The Bertz CT molecular complexity index is 554. The molecule has 1 heterocycles. The Kier molecular flexibility index (Phi) is 5.32. The van der Waals surface area contributed by atoms with E-state index in [1.807, 2.05) is 0 Å². The van der Waals surface area contributed by atoms with Crippen LogP contribution in [0.3, 0.4) is 0 Å². The van der Waals surface area contributed by atoms with Gasteiger partial charge >= 0.3 is 0 Å². The Morgan fingerprint density at radius 2 is 2.14 bits per heavy atom. The van der Waals surface area contributed by atoms with Crippen LogP contribution >= 0.6 is 0 Å². The standard InChI is InChI=1S/C15H22N4O3/c1-11-4-7-18(8-5-11)9-6-17-13-3-2-12(15(16)20)10-14(13)19(21)22/h2-3,10-11,17H,4-9H2,1H3,(H2,16,20). The summed E-state index contributed by atoms with van der Waals surface area (Å²) in [4.78, 5) is 24.1. The molecular weight excluding hydrogens is 284 g/mol. The van der Waals surface area contributed by atoms with Crippen LogP contribution in [0.5, 0.6) is 0 Å². The second-order valence-corrected chi connectivity index (χ2v) is 5.80. The highest BCUT2D eigenvalue weighted by atomic mass is 16.6. The predicted octanol–water partition coefficient (Wildman–Crippen LogP) is 1.84. The van der Waals surface area contributed by atoms with Crippen LogP contribution in [0.4, 0.5) is 11.4 Å². The summed E-state index contributed by atoms with van der Waals surface area (Å²) in [5, 5.41) is 14.2. The second-order valence-electron chi connectivity index (χ2n) is 5.80. The largest absolute Gasteiger partial charge is 0.378 e. The number of carbonyl (C=O) groups excluding carboxylic acids is 1. The number of amides is 1. The van der Waals surface area contributed by atoms with Gasteiger partial charge in [0, 0.05) is 24.7 Å². The number of nitro groups is 1. The van der Waals surface area contributed by atoms with Crippen molar-refractivity contribution >= 4 is 17.3 Å². The van der Waals surface area contributed by atoms with Gasteiger partial charge in [0.25, 0.3) is 5.69 Å². The second kappa shape index (κ2) is 7.22. The monoisotopic (exact) mass is 306 g/mol. The van der Waals surface area contributed by atoms with Crippen LogP contribution in [0.15, 0.2) is 18.2 Å². The number of nitro benzene ring substituents is 1. The molecule has 0 atom stereocenters. The first kappa shape index (κ1) is 16.2. The van der Waals surface area contributed by atoms with Crippen LogP contribution in [0.1, 0.15) is 30.1 Å². The summed E-state index contributed by atoms with van der Waals surface area (Å²) in [5.41, 5.74) is 5.59. The van der Waals surface area contributed by atoms with E-state index >= 15 is 0 Å². The Morgan fingerprint density at radius 1 is 1.45 bits per heavy atom. The summed E-state index contributed by atoms with van der Waals surface area (Å²) >= 11 is 0. The van der Waals surface area contributed by atoms with Gasteiger partial charge in [0.05, 0.1) is 4.92 Å². The maximum Gasteiger partial charge on any atom is 0.293 e. The zero-order chi connectivity index (χ0) is 16.1. The quantitative estimate of drug-likeness (QED) is 0.617. The molecule has 1 fully saturated rings. The van der Waals surface area contributed by atoms with E-state index in [0.717, 1.165) is 25.6 Å². The molecule has 7 nitrogen and oxygen atoms in total. The third-order valence-electron chi connectivity index (χ3n) is 4.10. The number of likely N-dealkylation sites (tertiary alicyclic amines) is 1. The molecule has 0 aromatic heterocycles. The van der Waals surface area contributed by atoms with Gasteiger partial charge in [-0.1, -0.05) is 6.92 Å². The molecule has 1 saturated heterocycles. The number of rotatable bonds is 6. The highest BCUT2D eigenvalue weighted by molar-refractivity contribution is 5.94. The molecule has 0 bridgehead atoms. The lowest BCUT2D eigenvalue weighted by Gasteiger charge is -2.30. The Hall–Kier alpha value is -2.15. The van der Waals surface area contributed by atoms with Crippen molar-refractivity contribution < 1.29 is 9.72 Å². The van der Waals surface area contributed by atoms with E-state index < -0.39 is 10.8 Å². The Labute approximate surface area is 129 Å². The Morgan fingerprint density at radius 3 is 2.73 bits per heavy atom. The molecule has 0 spiro atoms. The summed E-state index contributed by atoms with van der Waals surface area (Å²) in [6, 6.07) is 4.25. The minimum absolute atomic E-state index is 0.122. The fourth-order valence-corrected chi connectivity index (χ4v) is 2.62. The van der Waals surface area contributed by atoms with Gasteiger partial charge in [0.2, 0.25) is 5.91 Å². The number of benzene rings is 1. The van der Waals surface area contributed by atoms with Crippen molar-refractivity contribution in [1.82, 2.24) is 4.90 Å². The molecule has 120 valence electrons. The van der Waals surface area contributed by atoms with Crippen LogP contribution in [-0.4, -0.2) is 41.9 Å². The fourth-order valence-electron chi connectivity index (χ4n) is 2.62. The van der Waals surface area contributed by atoms with Gasteiger partial charge in [0.15, 0.2) is 0 Å². The molecule has 7 heteroatoms. The number of nitrogens with two attached hydrogens (primary N) is 1. The van der Waals surface area contributed by atoms with Crippen LogP contribution in [0.25, 0.3) is 0 Å². The predicted molar refractivity (Wildman–Crippen MR) is 84.9 cm³/mol. The highest BCUT2D eigenvalue weighted by Gasteiger charge is 2.18. The molecular formula is C15H22N4O3. The van der Waals surface area contributed by atoms with Crippen molar-refractivity contribution in [3.05, 3.63) is 33.9 Å². The number of nitrogens with one attached hydrogen (secondary N) is 1. The van der Waals surface area contributed by atoms with E-state index in [4.69, 9.17) is 5.73 Å². The van der Waals surface area contributed by atoms with Gasteiger partial charge in [-0.25, -0.2) is 0 Å². The van der Waals surface area contributed by atoms with Crippen LogP contribution in [-0.2, 0) is 0 Å². The SMILES string of the molecule is CC1CCN(CCNc2ccc(C(N)=O)cc2[N+](=O)[O-])CC1. The van der Waals surface area contributed by atoms with Gasteiger partial charge in [-0.15, -0.1) is 0 Å². The first-order valence-electron chi connectivity index (χ1n) is 7.52. The topological polar surface area (TPSA) is 102 Å². The number of nitrogens with zero attached hydrogens (tertiary/aromatic N) is 2. The molecule has 22 heavy (non-hydrogen) atoms. The number of carbonyl (C=O) groups is 1. The first-order chi connectivity index (χ1) is 10.5. The van der Waals surface area contributed by atoms with E-state index in [2.05, 4.69) is 17.1 Å².